The Balaban J connectivity index is 1.58. The number of carbonyl (C=O) groups is 1. The van der Waals surface area contributed by atoms with Gasteiger partial charge in [-0.15, -0.1) is 0 Å². The Morgan fingerprint density at radius 3 is 2.39 bits per heavy atom. The van der Waals surface area contributed by atoms with Crippen LogP contribution in [-0.2, 0) is 6.54 Å². The molecular formula is C22H25N3O3. The first-order chi connectivity index (χ1) is 13.6. The van der Waals surface area contributed by atoms with Crippen molar-refractivity contribution in [3.63, 3.8) is 0 Å². The van der Waals surface area contributed by atoms with E-state index in [1.165, 1.54) is 5.56 Å². The summed E-state index contributed by atoms with van der Waals surface area (Å²) in [7, 11) is 1.58. The van der Waals surface area contributed by atoms with E-state index in [1.54, 1.807) is 25.3 Å². The summed E-state index contributed by atoms with van der Waals surface area (Å²) in [5.74, 6) is 1.24. The summed E-state index contributed by atoms with van der Waals surface area (Å²) in [6, 6.07) is 15.1. The van der Waals surface area contributed by atoms with Gasteiger partial charge in [0.1, 0.15) is 0 Å². The highest BCUT2D eigenvalue weighted by molar-refractivity contribution is 5.95. The molecule has 146 valence electrons. The zero-order valence-corrected chi connectivity index (χ0v) is 16.4. The topological polar surface area (TPSA) is 65.8 Å². The fourth-order valence-electron chi connectivity index (χ4n) is 3.31. The van der Waals surface area contributed by atoms with Crippen molar-refractivity contribution in [3.05, 3.63) is 59.2 Å². The zero-order chi connectivity index (χ0) is 19.9. The van der Waals surface area contributed by atoms with Crippen molar-refractivity contribution in [3.8, 4) is 17.6 Å². The van der Waals surface area contributed by atoms with Gasteiger partial charge in [0.15, 0.2) is 11.5 Å². The Labute approximate surface area is 165 Å². The second-order valence-electron chi connectivity index (χ2n) is 6.68. The minimum atomic E-state index is 0.0133. The Morgan fingerprint density at radius 1 is 1.07 bits per heavy atom. The summed E-state index contributed by atoms with van der Waals surface area (Å²) < 4.78 is 10.9. The molecule has 0 aromatic heterocycles. The number of rotatable bonds is 6. The first-order valence-corrected chi connectivity index (χ1v) is 9.46. The van der Waals surface area contributed by atoms with E-state index < -0.39 is 0 Å². The van der Waals surface area contributed by atoms with Crippen LogP contribution in [0, 0.1) is 11.3 Å². The highest BCUT2D eigenvalue weighted by Gasteiger charge is 2.23. The van der Waals surface area contributed by atoms with Crippen LogP contribution in [0.3, 0.4) is 0 Å². The number of hydrogen-bond donors (Lipinski definition) is 0. The van der Waals surface area contributed by atoms with Crippen molar-refractivity contribution in [2.75, 3.05) is 39.9 Å². The maximum Gasteiger partial charge on any atom is 0.254 e. The van der Waals surface area contributed by atoms with E-state index in [0.717, 1.165) is 19.6 Å². The van der Waals surface area contributed by atoms with Crippen LogP contribution >= 0.6 is 0 Å². The SMILES string of the molecule is CCOc1ccc(C(=O)N2CCN(Cc3ccc(C#N)cc3)CC2)cc1OC. The first-order valence-electron chi connectivity index (χ1n) is 9.46. The molecule has 6 heteroatoms. The normalized spacial score (nSPS) is 14.4. The van der Waals surface area contributed by atoms with Crippen LogP contribution in [0.2, 0.25) is 0 Å². The average molecular weight is 379 g/mol. The number of ether oxygens (including phenoxy) is 2. The second-order valence-corrected chi connectivity index (χ2v) is 6.68. The summed E-state index contributed by atoms with van der Waals surface area (Å²) >= 11 is 0. The maximum absolute atomic E-state index is 12.9. The molecule has 0 spiro atoms. The van der Waals surface area contributed by atoms with Crippen LogP contribution in [-0.4, -0.2) is 55.6 Å². The molecule has 1 amide bonds. The molecule has 0 aliphatic carbocycles. The third-order valence-corrected chi connectivity index (χ3v) is 4.86. The molecule has 1 fully saturated rings. The van der Waals surface area contributed by atoms with Crippen molar-refractivity contribution < 1.29 is 14.3 Å². The summed E-state index contributed by atoms with van der Waals surface area (Å²) in [6.07, 6.45) is 0. The summed E-state index contributed by atoms with van der Waals surface area (Å²) in [5.41, 5.74) is 2.46. The smallest absolute Gasteiger partial charge is 0.254 e. The Bertz CT molecular complexity index is 850. The lowest BCUT2D eigenvalue weighted by molar-refractivity contribution is 0.0628. The van der Waals surface area contributed by atoms with Crippen molar-refractivity contribution in [2.45, 2.75) is 13.5 Å². The standard InChI is InChI=1S/C22H25N3O3/c1-3-28-20-9-8-19(14-21(20)27-2)22(26)25-12-10-24(11-13-25)16-18-6-4-17(15-23)5-7-18/h4-9,14H,3,10-13,16H2,1-2H3. The van der Waals surface area contributed by atoms with Gasteiger partial charge in [0.25, 0.3) is 5.91 Å². The van der Waals surface area contributed by atoms with E-state index in [-0.39, 0.29) is 5.91 Å². The summed E-state index contributed by atoms with van der Waals surface area (Å²) in [6.45, 7) is 6.29. The summed E-state index contributed by atoms with van der Waals surface area (Å²) in [5, 5.41) is 8.89. The van der Waals surface area contributed by atoms with Gasteiger partial charge in [0.05, 0.1) is 25.3 Å². The largest absolute Gasteiger partial charge is 0.493 e. The van der Waals surface area contributed by atoms with E-state index in [4.69, 9.17) is 14.7 Å². The molecule has 0 atom stereocenters. The number of benzene rings is 2. The number of amides is 1. The number of nitriles is 1. The molecule has 0 N–H and O–H groups in total. The van der Waals surface area contributed by atoms with Crippen LogP contribution < -0.4 is 9.47 Å². The molecule has 6 nitrogen and oxygen atoms in total. The lowest BCUT2D eigenvalue weighted by atomic mass is 10.1. The molecule has 3 rings (SSSR count). The lowest BCUT2D eigenvalue weighted by Gasteiger charge is -2.34. The quantitative estimate of drug-likeness (QED) is 0.772. The van der Waals surface area contributed by atoms with E-state index in [1.807, 2.05) is 36.1 Å². The van der Waals surface area contributed by atoms with Crippen molar-refractivity contribution in [1.29, 1.82) is 5.26 Å². The zero-order valence-electron chi connectivity index (χ0n) is 16.4. The van der Waals surface area contributed by atoms with Gasteiger partial charge in [-0.05, 0) is 42.8 Å². The molecule has 0 unspecified atom stereocenters. The Hall–Kier alpha value is -3.04. The number of hydrogen-bond acceptors (Lipinski definition) is 5. The van der Waals surface area contributed by atoms with Crippen LogP contribution in [0.1, 0.15) is 28.4 Å². The molecule has 1 aliphatic heterocycles. The second kappa shape index (κ2) is 9.25. The van der Waals surface area contributed by atoms with E-state index in [2.05, 4.69) is 11.0 Å². The fraction of sp³-hybridized carbons (Fsp3) is 0.364. The molecule has 0 bridgehead atoms. The highest BCUT2D eigenvalue weighted by Crippen LogP contribution is 2.28. The molecule has 2 aromatic rings. The third-order valence-electron chi connectivity index (χ3n) is 4.86. The van der Waals surface area contributed by atoms with Crippen molar-refractivity contribution >= 4 is 5.91 Å². The molecule has 0 radical (unpaired) electrons. The maximum atomic E-state index is 12.9. The van der Waals surface area contributed by atoms with Crippen LogP contribution in [0.25, 0.3) is 0 Å². The van der Waals surface area contributed by atoms with Gasteiger partial charge in [-0.1, -0.05) is 12.1 Å². The first kappa shape index (κ1) is 19.7. The number of piperazine rings is 1. The molecule has 28 heavy (non-hydrogen) atoms. The van der Waals surface area contributed by atoms with Crippen LogP contribution in [0.4, 0.5) is 0 Å². The van der Waals surface area contributed by atoms with Gasteiger partial charge in [0.2, 0.25) is 0 Å². The average Bonchev–Trinajstić information content (AvgIpc) is 2.75. The van der Waals surface area contributed by atoms with Crippen molar-refractivity contribution in [1.82, 2.24) is 9.80 Å². The molecule has 1 saturated heterocycles. The van der Waals surface area contributed by atoms with E-state index in [9.17, 15) is 4.79 Å². The van der Waals surface area contributed by atoms with Gasteiger partial charge in [0, 0.05) is 38.3 Å². The van der Waals surface area contributed by atoms with Gasteiger partial charge in [-0.25, -0.2) is 0 Å². The Morgan fingerprint density at radius 2 is 1.79 bits per heavy atom. The minimum absolute atomic E-state index is 0.0133. The summed E-state index contributed by atoms with van der Waals surface area (Å²) in [4.78, 5) is 17.1. The van der Waals surface area contributed by atoms with Crippen LogP contribution in [0.15, 0.2) is 42.5 Å². The molecule has 1 aliphatic rings. The van der Waals surface area contributed by atoms with Gasteiger partial charge < -0.3 is 14.4 Å². The van der Waals surface area contributed by atoms with Crippen LogP contribution in [0.5, 0.6) is 11.5 Å². The van der Waals surface area contributed by atoms with E-state index >= 15 is 0 Å². The molecular weight excluding hydrogens is 354 g/mol. The predicted molar refractivity (Wildman–Crippen MR) is 107 cm³/mol. The van der Waals surface area contributed by atoms with Gasteiger partial charge in [-0.3, -0.25) is 9.69 Å². The van der Waals surface area contributed by atoms with Gasteiger partial charge >= 0.3 is 0 Å². The van der Waals surface area contributed by atoms with E-state index in [0.29, 0.717) is 42.3 Å². The number of carbonyl (C=O) groups excluding carboxylic acids is 1. The molecule has 1 heterocycles. The lowest BCUT2D eigenvalue weighted by Crippen LogP contribution is -2.48. The number of methoxy groups -OCH3 is 1. The third kappa shape index (κ3) is 4.62. The monoisotopic (exact) mass is 379 g/mol. The van der Waals surface area contributed by atoms with Crippen molar-refractivity contribution in [2.24, 2.45) is 0 Å². The predicted octanol–water partition coefficient (Wildman–Crippen LogP) is 2.92. The Kier molecular flexibility index (Phi) is 6.51. The van der Waals surface area contributed by atoms with Gasteiger partial charge in [-0.2, -0.15) is 5.26 Å². The molecule has 0 saturated carbocycles. The minimum Gasteiger partial charge on any atom is -0.493 e. The number of nitrogens with zero attached hydrogens (tertiary/aromatic N) is 3. The highest BCUT2D eigenvalue weighted by atomic mass is 16.5. The molecule has 2 aromatic carbocycles. The fourth-order valence-corrected chi connectivity index (χ4v) is 3.31.